The standard InChI is InChI=1S/C23H35N5O2/c1-16(2)14-28-17(3)11-19(18(28)4)12-20(13-24)23(30)25-21-7-9-27(10-8-21)15-22(29)26(5)6/h11-12,16,21H,7-10,14-15H2,1-6H3,(H,25,30). The van der Waals surface area contributed by atoms with Gasteiger partial charge in [0.15, 0.2) is 0 Å². The number of amides is 2. The Morgan fingerprint density at radius 2 is 1.93 bits per heavy atom. The van der Waals surface area contributed by atoms with Crippen LogP contribution in [0.1, 0.15) is 43.6 Å². The fourth-order valence-electron chi connectivity index (χ4n) is 3.76. The summed E-state index contributed by atoms with van der Waals surface area (Å²) in [6, 6.07) is 4.12. The third-order valence-corrected chi connectivity index (χ3v) is 5.61. The van der Waals surface area contributed by atoms with E-state index in [2.05, 4.69) is 34.7 Å². The van der Waals surface area contributed by atoms with Crippen molar-refractivity contribution in [2.75, 3.05) is 33.7 Å². The van der Waals surface area contributed by atoms with Crippen LogP contribution in [0.2, 0.25) is 0 Å². The van der Waals surface area contributed by atoms with Crippen molar-refractivity contribution >= 4 is 17.9 Å². The first kappa shape index (κ1) is 23.7. The molecule has 30 heavy (non-hydrogen) atoms. The van der Waals surface area contributed by atoms with Gasteiger partial charge in [0.25, 0.3) is 5.91 Å². The lowest BCUT2D eigenvalue weighted by molar-refractivity contribution is -0.130. The van der Waals surface area contributed by atoms with Gasteiger partial charge >= 0.3 is 0 Å². The molecule has 0 spiro atoms. The SMILES string of the molecule is Cc1cc(C=C(C#N)C(=O)NC2CCN(CC(=O)N(C)C)CC2)c(C)n1CC(C)C. The Hall–Kier alpha value is -2.59. The topological polar surface area (TPSA) is 81.4 Å². The lowest BCUT2D eigenvalue weighted by Crippen LogP contribution is -2.47. The fourth-order valence-corrected chi connectivity index (χ4v) is 3.76. The van der Waals surface area contributed by atoms with E-state index in [4.69, 9.17) is 0 Å². The third kappa shape index (κ3) is 6.20. The number of carbonyl (C=O) groups excluding carboxylic acids is 2. The van der Waals surface area contributed by atoms with E-state index in [0.717, 1.165) is 49.4 Å². The minimum Gasteiger partial charge on any atom is -0.349 e. The molecule has 0 saturated carbocycles. The number of likely N-dealkylation sites (tertiary alicyclic amines) is 1. The van der Waals surface area contributed by atoms with Gasteiger partial charge in [-0.25, -0.2) is 0 Å². The number of carbonyl (C=O) groups is 2. The number of likely N-dealkylation sites (N-methyl/N-ethyl adjacent to an activating group) is 1. The fraction of sp³-hybridized carbons (Fsp3) is 0.609. The summed E-state index contributed by atoms with van der Waals surface area (Å²) in [5.41, 5.74) is 3.24. The summed E-state index contributed by atoms with van der Waals surface area (Å²) < 4.78 is 2.23. The van der Waals surface area contributed by atoms with Crippen molar-refractivity contribution in [2.45, 2.75) is 53.1 Å². The maximum atomic E-state index is 12.7. The minimum absolute atomic E-state index is 0.0216. The van der Waals surface area contributed by atoms with Crippen LogP contribution in [-0.4, -0.2) is 66.0 Å². The van der Waals surface area contributed by atoms with Crippen molar-refractivity contribution in [2.24, 2.45) is 5.92 Å². The van der Waals surface area contributed by atoms with Crippen LogP contribution in [-0.2, 0) is 16.1 Å². The van der Waals surface area contributed by atoms with Crippen LogP contribution >= 0.6 is 0 Å². The summed E-state index contributed by atoms with van der Waals surface area (Å²) in [7, 11) is 3.51. The Morgan fingerprint density at radius 1 is 1.30 bits per heavy atom. The molecule has 1 aromatic rings. The van der Waals surface area contributed by atoms with Crippen LogP contribution in [0.4, 0.5) is 0 Å². The molecule has 0 unspecified atom stereocenters. The maximum absolute atomic E-state index is 12.7. The molecule has 1 N–H and O–H groups in total. The Balaban J connectivity index is 2.00. The molecule has 1 fully saturated rings. The summed E-state index contributed by atoms with van der Waals surface area (Å²) in [5, 5.41) is 12.6. The van der Waals surface area contributed by atoms with Crippen molar-refractivity contribution in [3.05, 3.63) is 28.6 Å². The zero-order valence-electron chi connectivity index (χ0n) is 19.2. The number of hydrogen-bond donors (Lipinski definition) is 1. The van der Waals surface area contributed by atoms with E-state index < -0.39 is 0 Å². The second-order valence-electron chi connectivity index (χ2n) is 8.81. The predicted octanol–water partition coefficient (Wildman–Crippen LogP) is 2.34. The number of aromatic nitrogens is 1. The van der Waals surface area contributed by atoms with Crippen LogP contribution < -0.4 is 5.32 Å². The molecule has 1 aromatic heterocycles. The van der Waals surface area contributed by atoms with Gasteiger partial charge in [0, 0.05) is 51.2 Å². The van der Waals surface area contributed by atoms with Gasteiger partial charge in [-0.15, -0.1) is 0 Å². The monoisotopic (exact) mass is 413 g/mol. The number of nitrogens with one attached hydrogen (secondary N) is 1. The molecule has 2 heterocycles. The Kier molecular flexibility index (Phi) is 8.24. The molecule has 164 valence electrons. The van der Waals surface area contributed by atoms with Crippen molar-refractivity contribution < 1.29 is 9.59 Å². The maximum Gasteiger partial charge on any atom is 0.262 e. The lowest BCUT2D eigenvalue weighted by Gasteiger charge is -2.32. The average molecular weight is 414 g/mol. The molecule has 7 heteroatoms. The quantitative estimate of drug-likeness (QED) is 0.549. The van der Waals surface area contributed by atoms with E-state index in [1.807, 2.05) is 19.9 Å². The van der Waals surface area contributed by atoms with Crippen molar-refractivity contribution in [3.8, 4) is 6.07 Å². The van der Waals surface area contributed by atoms with E-state index in [1.54, 1.807) is 25.1 Å². The Labute approximate surface area is 180 Å². The highest BCUT2D eigenvalue weighted by atomic mass is 16.2. The summed E-state index contributed by atoms with van der Waals surface area (Å²) >= 11 is 0. The summed E-state index contributed by atoms with van der Waals surface area (Å²) in [5.74, 6) is 0.278. The molecule has 0 aromatic carbocycles. The highest BCUT2D eigenvalue weighted by Gasteiger charge is 2.24. The molecule has 0 aliphatic carbocycles. The molecule has 0 atom stereocenters. The summed E-state index contributed by atoms with van der Waals surface area (Å²) in [4.78, 5) is 28.2. The molecule has 0 radical (unpaired) electrons. The first-order valence-corrected chi connectivity index (χ1v) is 10.6. The van der Waals surface area contributed by atoms with E-state index >= 15 is 0 Å². The molecule has 2 rings (SSSR count). The lowest BCUT2D eigenvalue weighted by atomic mass is 10.0. The molecule has 1 saturated heterocycles. The van der Waals surface area contributed by atoms with Gasteiger partial charge in [-0.3, -0.25) is 14.5 Å². The van der Waals surface area contributed by atoms with Crippen LogP contribution in [0.3, 0.4) is 0 Å². The Bertz CT molecular complexity index is 837. The van der Waals surface area contributed by atoms with Crippen LogP contribution in [0, 0.1) is 31.1 Å². The van der Waals surface area contributed by atoms with E-state index in [9.17, 15) is 14.9 Å². The third-order valence-electron chi connectivity index (χ3n) is 5.61. The van der Waals surface area contributed by atoms with E-state index in [1.165, 1.54) is 0 Å². The number of nitriles is 1. The first-order valence-electron chi connectivity index (χ1n) is 10.6. The van der Waals surface area contributed by atoms with Crippen molar-refractivity contribution in [1.82, 2.24) is 19.7 Å². The predicted molar refractivity (Wildman–Crippen MR) is 119 cm³/mol. The van der Waals surface area contributed by atoms with Gasteiger partial charge in [0.05, 0.1) is 6.54 Å². The number of nitrogens with zero attached hydrogens (tertiary/aromatic N) is 4. The van der Waals surface area contributed by atoms with Crippen molar-refractivity contribution in [3.63, 3.8) is 0 Å². The number of hydrogen-bond acceptors (Lipinski definition) is 4. The molecular formula is C23H35N5O2. The average Bonchev–Trinajstić information content (AvgIpc) is 2.94. The highest BCUT2D eigenvalue weighted by molar-refractivity contribution is 6.02. The summed E-state index contributed by atoms with van der Waals surface area (Å²) in [6.07, 6.45) is 3.24. The molecule has 1 aliphatic rings. The molecule has 7 nitrogen and oxygen atoms in total. The zero-order valence-corrected chi connectivity index (χ0v) is 19.2. The minimum atomic E-state index is -0.325. The van der Waals surface area contributed by atoms with Gasteiger partial charge in [-0.2, -0.15) is 5.26 Å². The smallest absolute Gasteiger partial charge is 0.262 e. The second kappa shape index (κ2) is 10.4. The highest BCUT2D eigenvalue weighted by Crippen LogP contribution is 2.20. The van der Waals surface area contributed by atoms with E-state index in [-0.39, 0.29) is 23.4 Å². The summed E-state index contributed by atoms with van der Waals surface area (Å²) in [6.45, 7) is 11.2. The normalized spacial score (nSPS) is 15.9. The molecule has 0 bridgehead atoms. The Morgan fingerprint density at radius 3 is 2.47 bits per heavy atom. The van der Waals surface area contributed by atoms with Crippen LogP contribution in [0.15, 0.2) is 11.6 Å². The molecule has 2 amide bonds. The molecule has 1 aliphatic heterocycles. The largest absolute Gasteiger partial charge is 0.349 e. The number of rotatable bonds is 7. The zero-order chi connectivity index (χ0) is 22.4. The second-order valence-corrected chi connectivity index (χ2v) is 8.81. The van der Waals surface area contributed by atoms with Gasteiger partial charge in [0.1, 0.15) is 11.6 Å². The van der Waals surface area contributed by atoms with Gasteiger partial charge in [0.2, 0.25) is 5.91 Å². The van der Waals surface area contributed by atoms with Gasteiger partial charge in [-0.1, -0.05) is 13.8 Å². The van der Waals surface area contributed by atoms with Gasteiger partial charge in [-0.05, 0) is 50.3 Å². The van der Waals surface area contributed by atoms with Gasteiger partial charge < -0.3 is 14.8 Å². The number of piperidine rings is 1. The number of aryl methyl sites for hydroxylation is 1. The van der Waals surface area contributed by atoms with Crippen LogP contribution in [0.5, 0.6) is 0 Å². The molecular weight excluding hydrogens is 378 g/mol. The van der Waals surface area contributed by atoms with Crippen molar-refractivity contribution in [1.29, 1.82) is 5.26 Å². The van der Waals surface area contributed by atoms with Crippen LogP contribution in [0.25, 0.3) is 6.08 Å². The first-order chi connectivity index (χ1) is 14.1. The van der Waals surface area contributed by atoms with E-state index in [0.29, 0.717) is 12.5 Å².